The Bertz CT molecular complexity index is 980. The molecule has 1 aromatic carbocycles. The second kappa shape index (κ2) is 9.82. The van der Waals surface area contributed by atoms with Crippen molar-refractivity contribution in [3.8, 4) is 0 Å². The number of fused-ring (bicyclic) bond motifs is 6. The van der Waals surface area contributed by atoms with Crippen LogP contribution in [0.2, 0.25) is 0 Å². The number of rotatable bonds is 5. The molecule has 5 rings (SSSR count). The number of likely N-dealkylation sites (tertiary alicyclic amines) is 1. The van der Waals surface area contributed by atoms with E-state index in [1.807, 2.05) is 17.0 Å². The van der Waals surface area contributed by atoms with Crippen LogP contribution in [0.4, 0.5) is 0 Å². The number of halogens is 1. The fourth-order valence-corrected chi connectivity index (χ4v) is 5.67. The third-order valence-electron chi connectivity index (χ3n) is 7.30. The summed E-state index contributed by atoms with van der Waals surface area (Å²) in [5.41, 5.74) is 2.50. The van der Waals surface area contributed by atoms with E-state index < -0.39 is 0 Å². The predicted molar refractivity (Wildman–Crippen MR) is 135 cm³/mol. The number of benzene rings is 1. The van der Waals surface area contributed by atoms with Crippen molar-refractivity contribution in [2.45, 2.75) is 19.4 Å². The molecule has 2 bridgehead atoms. The Morgan fingerprint density at radius 2 is 1.73 bits per heavy atom. The molecule has 33 heavy (non-hydrogen) atoms. The van der Waals surface area contributed by atoms with Crippen molar-refractivity contribution in [3.63, 3.8) is 0 Å². The molecule has 2 aliphatic carbocycles. The van der Waals surface area contributed by atoms with Crippen LogP contribution >= 0.6 is 24.0 Å². The first-order valence-corrected chi connectivity index (χ1v) is 11.4. The molecule has 2 aliphatic heterocycles. The van der Waals surface area contributed by atoms with Gasteiger partial charge in [-0.05, 0) is 35.8 Å². The molecule has 4 unspecified atom stereocenters. The number of amides is 3. The van der Waals surface area contributed by atoms with Crippen LogP contribution in [-0.2, 0) is 27.3 Å². The summed E-state index contributed by atoms with van der Waals surface area (Å²) in [6.07, 6.45) is 6.00. The van der Waals surface area contributed by atoms with Crippen LogP contribution in [0.1, 0.15) is 17.5 Å². The van der Waals surface area contributed by atoms with Crippen molar-refractivity contribution >= 4 is 47.7 Å². The Labute approximate surface area is 210 Å². The Morgan fingerprint density at radius 3 is 2.39 bits per heavy atom. The molecule has 0 aromatic heterocycles. The van der Waals surface area contributed by atoms with Gasteiger partial charge in [0.25, 0.3) is 0 Å². The summed E-state index contributed by atoms with van der Waals surface area (Å²) < 4.78 is 0. The molecule has 1 saturated carbocycles. The Kier molecular flexibility index (Phi) is 7.06. The maximum atomic E-state index is 12.8. The molecule has 4 aliphatic rings. The van der Waals surface area contributed by atoms with Gasteiger partial charge in [-0.25, -0.2) is 0 Å². The lowest BCUT2D eigenvalue weighted by Crippen LogP contribution is -2.47. The smallest absolute Gasteiger partial charge is 0.242 e. The van der Waals surface area contributed by atoms with Crippen LogP contribution in [-0.4, -0.2) is 66.7 Å². The van der Waals surface area contributed by atoms with Gasteiger partial charge < -0.3 is 15.5 Å². The summed E-state index contributed by atoms with van der Waals surface area (Å²) in [5.74, 6) is 0.539. The lowest BCUT2D eigenvalue weighted by molar-refractivity contribution is -0.140. The van der Waals surface area contributed by atoms with Crippen LogP contribution in [0.3, 0.4) is 0 Å². The third-order valence-corrected chi connectivity index (χ3v) is 7.30. The van der Waals surface area contributed by atoms with Crippen LogP contribution in [0.25, 0.3) is 0 Å². The summed E-state index contributed by atoms with van der Waals surface area (Å²) >= 11 is 0. The maximum Gasteiger partial charge on any atom is 0.242 e. The second-order valence-corrected chi connectivity index (χ2v) is 9.01. The molecule has 176 valence electrons. The summed E-state index contributed by atoms with van der Waals surface area (Å²) in [5, 5.41) is 6.17. The van der Waals surface area contributed by atoms with E-state index in [4.69, 9.17) is 0 Å². The van der Waals surface area contributed by atoms with Crippen LogP contribution in [0, 0.1) is 23.7 Å². The number of hydrogen-bond donors (Lipinski definition) is 2. The predicted octanol–water partition coefficient (Wildman–Crippen LogP) is 1.16. The molecule has 1 saturated heterocycles. The van der Waals surface area contributed by atoms with Gasteiger partial charge >= 0.3 is 0 Å². The number of nitrogens with one attached hydrogen (secondary N) is 2. The van der Waals surface area contributed by atoms with Gasteiger partial charge in [0, 0.05) is 33.2 Å². The third kappa shape index (κ3) is 4.39. The molecule has 4 atom stereocenters. The average molecular weight is 563 g/mol. The van der Waals surface area contributed by atoms with Gasteiger partial charge in [0.05, 0.1) is 18.4 Å². The normalized spacial score (nSPS) is 27.4. The van der Waals surface area contributed by atoms with Gasteiger partial charge in [0.2, 0.25) is 17.7 Å². The molecule has 0 spiro atoms. The lowest BCUT2D eigenvalue weighted by atomic mass is 9.85. The van der Waals surface area contributed by atoms with Crippen molar-refractivity contribution in [2.24, 2.45) is 28.7 Å². The highest BCUT2D eigenvalue weighted by Crippen LogP contribution is 2.52. The molecular formula is C24H30IN5O3. The van der Waals surface area contributed by atoms with E-state index in [0.29, 0.717) is 32.1 Å². The number of aliphatic imine (C=N–C) groups is 1. The van der Waals surface area contributed by atoms with E-state index in [9.17, 15) is 14.4 Å². The monoisotopic (exact) mass is 563 g/mol. The molecule has 2 N–H and O–H groups in total. The minimum atomic E-state index is -0.165. The zero-order chi connectivity index (χ0) is 22.2. The quantitative estimate of drug-likeness (QED) is 0.185. The molecular weight excluding hydrogens is 533 g/mol. The second-order valence-electron chi connectivity index (χ2n) is 9.01. The van der Waals surface area contributed by atoms with Crippen molar-refractivity contribution in [1.82, 2.24) is 20.4 Å². The van der Waals surface area contributed by atoms with Crippen LogP contribution in [0.15, 0.2) is 41.4 Å². The Hall–Kier alpha value is -2.43. The minimum Gasteiger partial charge on any atom is -0.355 e. The Balaban J connectivity index is 0.00000259. The van der Waals surface area contributed by atoms with Crippen LogP contribution in [0.5, 0.6) is 0 Å². The van der Waals surface area contributed by atoms with E-state index in [1.165, 1.54) is 16.0 Å². The highest BCUT2D eigenvalue weighted by molar-refractivity contribution is 14.0. The van der Waals surface area contributed by atoms with E-state index in [-0.39, 0.29) is 71.9 Å². The van der Waals surface area contributed by atoms with E-state index >= 15 is 0 Å². The molecule has 1 aromatic rings. The molecule has 8 nitrogen and oxygen atoms in total. The van der Waals surface area contributed by atoms with Crippen molar-refractivity contribution in [1.29, 1.82) is 0 Å². The number of nitrogens with zero attached hydrogens (tertiary/aromatic N) is 3. The summed E-state index contributed by atoms with van der Waals surface area (Å²) in [6, 6.07) is 8.22. The van der Waals surface area contributed by atoms with Crippen LogP contribution < -0.4 is 10.6 Å². The highest BCUT2D eigenvalue weighted by Gasteiger charge is 2.58. The van der Waals surface area contributed by atoms with Crippen molar-refractivity contribution < 1.29 is 14.4 Å². The van der Waals surface area contributed by atoms with Gasteiger partial charge in [-0.2, -0.15) is 0 Å². The standard InChI is InChI=1S/C24H29N5O3.HI/c1-25-24(27-13-19(30)28-10-8-15-4-2-3-5-18(15)14-28)26-9-11-29-22(31)20-16-6-7-17(12-16)21(20)23(29)32;/h2-7,16-17,20-21H,8-14H2,1H3,(H2,25,26,27);1H. The number of hydrogen-bond acceptors (Lipinski definition) is 4. The molecule has 0 radical (unpaired) electrons. The fourth-order valence-electron chi connectivity index (χ4n) is 5.67. The Morgan fingerprint density at radius 1 is 1.06 bits per heavy atom. The van der Waals surface area contributed by atoms with E-state index in [1.54, 1.807) is 7.05 Å². The molecule has 2 heterocycles. The van der Waals surface area contributed by atoms with E-state index in [0.717, 1.165) is 12.8 Å². The average Bonchev–Trinajstić information content (AvgIpc) is 3.50. The fraction of sp³-hybridized carbons (Fsp3) is 0.500. The summed E-state index contributed by atoms with van der Waals surface area (Å²) in [4.78, 5) is 45.6. The number of imide groups is 1. The van der Waals surface area contributed by atoms with Crippen molar-refractivity contribution in [2.75, 3.05) is 33.2 Å². The molecule has 2 fully saturated rings. The zero-order valence-corrected chi connectivity index (χ0v) is 21.0. The van der Waals surface area contributed by atoms with Gasteiger partial charge in [-0.15, -0.1) is 24.0 Å². The molecule has 3 amide bonds. The van der Waals surface area contributed by atoms with Gasteiger partial charge in [0.1, 0.15) is 0 Å². The van der Waals surface area contributed by atoms with Gasteiger partial charge in [-0.1, -0.05) is 36.4 Å². The highest BCUT2D eigenvalue weighted by atomic mass is 127. The topological polar surface area (TPSA) is 94.1 Å². The number of carbonyl (C=O) groups is 3. The maximum absolute atomic E-state index is 12.8. The van der Waals surface area contributed by atoms with Gasteiger partial charge in [0.15, 0.2) is 5.96 Å². The molecule has 9 heteroatoms. The summed E-state index contributed by atoms with van der Waals surface area (Å²) in [6.45, 7) is 2.18. The first kappa shape index (κ1) is 23.7. The first-order valence-electron chi connectivity index (χ1n) is 11.4. The lowest BCUT2D eigenvalue weighted by Gasteiger charge is -2.29. The zero-order valence-electron chi connectivity index (χ0n) is 18.7. The van der Waals surface area contributed by atoms with Crippen molar-refractivity contribution in [3.05, 3.63) is 47.5 Å². The van der Waals surface area contributed by atoms with E-state index in [2.05, 4.69) is 39.9 Å². The minimum absolute atomic E-state index is 0. The van der Waals surface area contributed by atoms with Gasteiger partial charge in [-0.3, -0.25) is 24.3 Å². The number of allylic oxidation sites excluding steroid dienone is 2. The summed E-state index contributed by atoms with van der Waals surface area (Å²) in [7, 11) is 1.64. The number of guanidine groups is 1. The SMILES string of the molecule is CN=C(NCCN1C(=O)C2C3C=CC(C3)C2C1=O)NCC(=O)N1CCc2ccccc2C1.I. The largest absolute Gasteiger partial charge is 0.355 e. The first-order chi connectivity index (χ1) is 15.6. The number of carbonyl (C=O) groups excluding carboxylic acids is 3.